The number of aliphatic carboxylic acids is 1. The fourth-order valence-corrected chi connectivity index (χ4v) is 5.53. The zero-order valence-electron chi connectivity index (χ0n) is 15.0. The van der Waals surface area contributed by atoms with Gasteiger partial charge in [0.2, 0.25) is 5.91 Å². The highest BCUT2D eigenvalue weighted by atomic mass is 16.4. The number of carbonyl (C=O) groups excluding carboxylic acids is 1. The first kappa shape index (κ1) is 17.2. The molecule has 0 spiro atoms. The van der Waals surface area contributed by atoms with E-state index in [4.69, 9.17) is 0 Å². The molecule has 2 aliphatic carbocycles. The highest BCUT2D eigenvalue weighted by Gasteiger charge is 2.55. The normalized spacial score (nSPS) is 38.9. The fraction of sp³-hybridized carbons (Fsp3) is 0.700. The van der Waals surface area contributed by atoms with Crippen molar-refractivity contribution < 1.29 is 14.7 Å². The standard InChI is InChI=1S/C20H29NO3/c1-13-7-10-20(3)15(18(23)24)5-4-6-16(20)19(13,2)11-8-14-9-12-21-17(14)22/h5,9,13,16H,4,6-8,10-12H2,1-3H3,(H,21,22)(H,23,24). The predicted molar refractivity (Wildman–Crippen MR) is 93.4 cm³/mol. The van der Waals surface area contributed by atoms with Crippen LogP contribution in [-0.2, 0) is 9.59 Å². The maximum absolute atomic E-state index is 11.9. The van der Waals surface area contributed by atoms with E-state index in [0.29, 0.717) is 24.0 Å². The highest BCUT2D eigenvalue weighted by Crippen LogP contribution is 2.62. The van der Waals surface area contributed by atoms with Crippen LogP contribution in [0.2, 0.25) is 0 Å². The Morgan fingerprint density at radius 1 is 1.33 bits per heavy atom. The topological polar surface area (TPSA) is 66.4 Å². The third-order valence-electron chi connectivity index (χ3n) is 7.27. The van der Waals surface area contributed by atoms with Gasteiger partial charge in [0, 0.05) is 23.1 Å². The van der Waals surface area contributed by atoms with Crippen molar-refractivity contribution in [3.63, 3.8) is 0 Å². The SMILES string of the molecule is CC1CCC2(C)C(C(=O)O)=CCCC2C1(C)CCC1=CCNC1=O. The van der Waals surface area contributed by atoms with Gasteiger partial charge >= 0.3 is 5.97 Å². The van der Waals surface area contributed by atoms with Gasteiger partial charge < -0.3 is 10.4 Å². The van der Waals surface area contributed by atoms with Crippen molar-refractivity contribution in [1.29, 1.82) is 0 Å². The molecule has 0 bridgehead atoms. The molecular weight excluding hydrogens is 302 g/mol. The first-order valence-corrected chi connectivity index (χ1v) is 9.20. The number of rotatable bonds is 4. The molecule has 1 aliphatic heterocycles. The summed E-state index contributed by atoms with van der Waals surface area (Å²) in [5.74, 6) is 0.236. The van der Waals surface area contributed by atoms with Crippen LogP contribution in [0.25, 0.3) is 0 Å². The molecule has 0 radical (unpaired) electrons. The first-order chi connectivity index (χ1) is 11.3. The van der Waals surface area contributed by atoms with Gasteiger partial charge in [-0.15, -0.1) is 0 Å². The number of carboxylic acid groups (broad SMARTS) is 1. The summed E-state index contributed by atoms with van der Waals surface area (Å²) in [4.78, 5) is 23.6. The number of nitrogens with one attached hydrogen (secondary N) is 1. The van der Waals surface area contributed by atoms with Crippen molar-refractivity contribution in [2.24, 2.45) is 22.7 Å². The number of allylic oxidation sites excluding steroid dienone is 1. The van der Waals surface area contributed by atoms with Crippen molar-refractivity contribution in [3.05, 3.63) is 23.3 Å². The zero-order valence-corrected chi connectivity index (χ0v) is 15.0. The Labute approximate surface area is 144 Å². The van der Waals surface area contributed by atoms with Crippen LogP contribution in [0.15, 0.2) is 23.3 Å². The Kier molecular flexibility index (Phi) is 4.35. The van der Waals surface area contributed by atoms with Crippen molar-refractivity contribution in [1.82, 2.24) is 5.32 Å². The summed E-state index contributed by atoms with van der Waals surface area (Å²) in [5, 5.41) is 12.5. The lowest BCUT2D eigenvalue weighted by molar-refractivity contribution is -0.137. The van der Waals surface area contributed by atoms with E-state index in [1.54, 1.807) is 0 Å². The zero-order chi connectivity index (χ0) is 17.5. The lowest BCUT2D eigenvalue weighted by atomic mass is 9.46. The monoisotopic (exact) mass is 331 g/mol. The Bertz CT molecular complexity index is 620. The Balaban J connectivity index is 1.87. The molecule has 0 aromatic carbocycles. The van der Waals surface area contributed by atoms with E-state index in [2.05, 4.69) is 26.1 Å². The Morgan fingerprint density at radius 3 is 2.71 bits per heavy atom. The lowest BCUT2D eigenvalue weighted by Crippen LogP contribution is -2.51. The minimum atomic E-state index is -0.753. The number of fused-ring (bicyclic) bond motifs is 1. The Morgan fingerprint density at radius 2 is 2.08 bits per heavy atom. The van der Waals surface area contributed by atoms with Crippen LogP contribution in [0.1, 0.15) is 59.3 Å². The maximum atomic E-state index is 11.9. The molecule has 1 heterocycles. The van der Waals surface area contributed by atoms with Crippen LogP contribution in [0.5, 0.6) is 0 Å². The molecule has 3 aliphatic rings. The molecule has 4 heteroatoms. The smallest absolute Gasteiger partial charge is 0.331 e. The summed E-state index contributed by atoms with van der Waals surface area (Å²) in [6.07, 6.45) is 9.62. The lowest BCUT2D eigenvalue weighted by Gasteiger charge is -2.57. The second-order valence-corrected chi connectivity index (χ2v) is 8.36. The van der Waals surface area contributed by atoms with Crippen LogP contribution in [-0.4, -0.2) is 23.5 Å². The molecule has 24 heavy (non-hydrogen) atoms. The molecule has 4 atom stereocenters. The van der Waals surface area contributed by atoms with E-state index in [1.165, 1.54) is 0 Å². The largest absolute Gasteiger partial charge is 0.478 e. The summed E-state index contributed by atoms with van der Waals surface area (Å²) in [5.41, 5.74) is 1.36. The maximum Gasteiger partial charge on any atom is 0.331 e. The van der Waals surface area contributed by atoms with Crippen LogP contribution < -0.4 is 5.32 Å². The summed E-state index contributed by atoms with van der Waals surface area (Å²) in [7, 11) is 0. The second-order valence-electron chi connectivity index (χ2n) is 8.36. The van der Waals surface area contributed by atoms with Crippen LogP contribution in [0, 0.1) is 22.7 Å². The van der Waals surface area contributed by atoms with Gasteiger partial charge in [-0.05, 0) is 55.8 Å². The van der Waals surface area contributed by atoms with Crippen LogP contribution in [0.3, 0.4) is 0 Å². The van der Waals surface area contributed by atoms with Gasteiger partial charge in [0.15, 0.2) is 0 Å². The van der Waals surface area contributed by atoms with Gasteiger partial charge in [0.1, 0.15) is 0 Å². The molecule has 3 rings (SSSR count). The average molecular weight is 331 g/mol. The quantitative estimate of drug-likeness (QED) is 0.825. The van der Waals surface area contributed by atoms with Gasteiger partial charge in [0.25, 0.3) is 0 Å². The minimum Gasteiger partial charge on any atom is -0.478 e. The van der Waals surface area contributed by atoms with E-state index in [0.717, 1.165) is 44.1 Å². The van der Waals surface area contributed by atoms with Gasteiger partial charge in [-0.25, -0.2) is 4.79 Å². The second kappa shape index (κ2) is 6.05. The fourth-order valence-electron chi connectivity index (χ4n) is 5.53. The molecule has 132 valence electrons. The van der Waals surface area contributed by atoms with E-state index >= 15 is 0 Å². The predicted octanol–water partition coefficient (Wildman–Crippen LogP) is 3.69. The molecule has 0 saturated heterocycles. The third-order valence-corrected chi connectivity index (χ3v) is 7.27. The molecule has 1 fully saturated rings. The number of carboxylic acids is 1. The minimum absolute atomic E-state index is 0.0691. The molecule has 0 aromatic heterocycles. The number of carbonyl (C=O) groups is 2. The van der Waals surface area contributed by atoms with Gasteiger partial charge in [0.05, 0.1) is 0 Å². The van der Waals surface area contributed by atoms with Crippen molar-refractivity contribution in [2.75, 3.05) is 6.54 Å². The third kappa shape index (κ3) is 2.60. The van der Waals surface area contributed by atoms with Crippen molar-refractivity contribution >= 4 is 11.9 Å². The van der Waals surface area contributed by atoms with Crippen LogP contribution in [0.4, 0.5) is 0 Å². The van der Waals surface area contributed by atoms with Gasteiger partial charge in [-0.3, -0.25) is 4.79 Å². The van der Waals surface area contributed by atoms with E-state index < -0.39 is 5.97 Å². The molecule has 1 amide bonds. The van der Waals surface area contributed by atoms with E-state index in [-0.39, 0.29) is 16.7 Å². The van der Waals surface area contributed by atoms with E-state index in [9.17, 15) is 14.7 Å². The first-order valence-electron chi connectivity index (χ1n) is 9.20. The summed E-state index contributed by atoms with van der Waals surface area (Å²) < 4.78 is 0. The Hall–Kier alpha value is -1.58. The van der Waals surface area contributed by atoms with E-state index in [1.807, 2.05) is 12.2 Å². The number of hydrogen-bond donors (Lipinski definition) is 2. The summed E-state index contributed by atoms with van der Waals surface area (Å²) in [6, 6.07) is 0. The van der Waals surface area contributed by atoms with Crippen molar-refractivity contribution in [2.45, 2.75) is 59.3 Å². The molecule has 0 aromatic rings. The van der Waals surface area contributed by atoms with Gasteiger partial charge in [-0.2, -0.15) is 0 Å². The molecular formula is C20H29NO3. The van der Waals surface area contributed by atoms with Crippen LogP contribution >= 0.6 is 0 Å². The summed E-state index contributed by atoms with van der Waals surface area (Å²) >= 11 is 0. The number of hydrogen-bond acceptors (Lipinski definition) is 2. The van der Waals surface area contributed by atoms with Gasteiger partial charge in [-0.1, -0.05) is 32.9 Å². The highest BCUT2D eigenvalue weighted by molar-refractivity contribution is 5.95. The van der Waals surface area contributed by atoms with Crippen molar-refractivity contribution in [3.8, 4) is 0 Å². The molecule has 2 N–H and O–H groups in total. The number of amides is 1. The molecule has 4 unspecified atom stereocenters. The summed E-state index contributed by atoms with van der Waals surface area (Å²) in [6.45, 7) is 7.44. The molecule has 1 saturated carbocycles. The average Bonchev–Trinajstić information content (AvgIpc) is 2.94. The molecule has 4 nitrogen and oxygen atoms in total.